The van der Waals surface area contributed by atoms with E-state index >= 15 is 0 Å². The quantitative estimate of drug-likeness (QED) is 0.490. The third-order valence-corrected chi connectivity index (χ3v) is 6.41. The molecule has 2 heterocycles. The van der Waals surface area contributed by atoms with Crippen LogP contribution in [0.25, 0.3) is 17.2 Å². The van der Waals surface area contributed by atoms with Crippen molar-refractivity contribution >= 4 is 12.0 Å². The van der Waals surface area contributed by atoms with Crippen LogP contribution >= 0.6 is 0 Å². The van der Waals surface area contributed by atoms with Crippen LogP contribution in [0.3, 0.4) is 0 Å². The zero-order valence-corrected chi connectivity index (χ0v) is 18.2. The molecule has 2 N–H and O–H groups in total. The number of carbonyl (C=O) groups is 1. The van der Waals surface area contributed by atoms with Gasteiger partial charge in [-0.15, -0.1) is 0 Å². The smallest absolute Gasteiger partial charge is 0.253 e. The number of rotatable bonds is 6. The van der Waals surface area contributed by atoms with Crippen molar-refractivity contribution in [3.63, 3.8) is 0 Å². The van der Waals surface area contributed by atoms with E-state index in [0.29, 0.717) is 24.4 Å². The summed E-state index contributed by atoms with van der Waals surface area (Å²) in [5.41, 5.74) is 8.32. The average molecular weight is 414 g/mol. The molecule has 5 nitrogen and oxygen atoms in total. The summed E-state index contributed by atoms with van der Waals surface area (Å²) in [6, 6.07) is 10.8. The monoisotopic (exact) mass is 413 g/mol. The molecule has 31 heavy (non-hydrogen) atoms. The lowest BCUT2D eigenvalue weighted by molar-refractivity contribution is -0.122. The molecule has 0 radical (unpaired) electrons. The Morgan fingerprint density at radius 2 is 2.06 bits per heavy atom. The van der Waals surface area contributed by atoms with Gasteiger partial charge in [0.25, 0.3) is 5.56 Å². The second-order valence-corrected chi connectivity index (χ2v) is 8.90. The lowest BCUT2D eigenvalue weighted by atomic mass is 9.90. The highest BCUT2D eigenvalue weighted by atomic mass is 16.2. The van der Waals surface area contributed by atoms with Gasteiger partial charge in [-0.2, -0.15) is 0 Å². The van der Waals surface area contributed by atoms with E-state index in [2.05, 4.69) is 65.3 Å². The lowest BCUT2D eigenvalue weighted by Gasteiger charge is -2.21. The number of aromatic nitrogens is 2. The van der Waals surface area contributed by atoms with Crippen molar-refractivity contribution in [3.8, 4) is 11.1 Å². The minimum absolute atomic E-state index is 0.0352. The number of H-pyrrole nitrogens is 1. The van der Waals surface area contributed by atoms with Gasteiger partial charge >= 0.3 is 0 Å². The Morgan fingerprint density at radius 3 is 2.77 bits per heavy atom. The van der Waals surface area contributed by atoms with Crippen LogP contribution in [-0.4, -0.2) is 15.5 Å². The lowest BCUT2D eigenvalue weighted by Crippen LogP contribution is -2.32. The van der Waals surface area contributed by atoms with E-state index < -0.39 is 0 Å². The fraction of sp³-hybridized carbons (Fsp3) is 0.308. The van der Waals surface area contributed by atoms with Gasteiger partial charge in [-0.05, 0) is 85.7 Å². The Labute approximate surface area is 181 Å². The van der Waals surface area contributed by atoms with Gasteiger partial charge < -0.3 is 14.9 Å². The molecule has 0 fully saturated rings. The molecule has 1 atom stereocenters. The van der Waals surface area contributed by atoms with Gasteiger partial charge in [-0.3, -0.25) is 9.59 Å². The van der Waals surface area contributed by atoms with E-state index in [9.17, 15) is 9.59 Å². The number of allylic oxidation sites excluding steroid dienone is 1. The molecule has 2 aromatic heterocycles. The number of fused-ring (bicyclic) bond motifs is 2. The van der Waals surface area contributed by atoms with Gasteiger partial charge in [0.2, 0.25) is 5.91 Å². The van der Waals surface area contributed by atoms with Crippen molar-refractivity contribution in [2.45, 2.75) is 52.1 Å². The Balaban J connectivity index is 1.36. The zero-order valence-electron chi connectivity index (χ0n) is 18.2. The number of nitrogens with one attached hydrogen (secondary N) is 2. The van der Waals surface area contributed by atoms with E-state index in [1.54, 1.807) is 0 Å². The SMILES string of the molecule is Cc1cc(Cc2ccc3cc2-3)c(CNC(=O)C2CC=Cc3c2ccn3C(C)C)c(=O)[nH]1. The van der Waals surface area contributed by atoms with Crippen molar-refractivity contribution in [2.75, 3.05) is 0 Å². The van der Waals surface area contributed by atoms with Crippen LogP contribution in [0.4, 0.5) is 0 Å². The van der Waals surface area contributed by atoms with Crippen LogP contribution < -0.4 is 10.9 Å². The number of amides is 1. The number of pyridine rings is 1. The van der Waals surface area contributed by atoms with E-state index in [1.165, 1.54) is 16.7 Å². The minimum Gasteiger partial charge on any atom is -0.351 e. The summed E-state index contributed by atoms with van der Waals surface area (Å²) in [6.07, 6.45) is 7.60. The summed E-state index contributed by atoms with van der Waals surface area (Å²) < 4.78 is 2.19. The second kappa shape index (κ2) is 7.41. The Bertz CT molecular complexity index is 1280. The molecular formula is C26H27N3O2. The zero-order chi connectivity index (χ0) is 21.7. The van der Waals surface area contributed by atoms with E-state index in [0.717, 1.165) is 22.5 Å². The molecule has 5 heteroatoms. The first-order valence-electron chi connectivity index (χ1n) is 10.9. The Kier molecular flexibility index (Phi) is 4.69. The van der Waals surface area contributed by atoms with Crippen LogP contribution in [0.5, 0.6) is 0 Å². The second-order valence-electron chi connectivity index (χ2n) is 8.90. The molecule has 0 aromatic carbocycles. The third-order valence-electron chi connectivity index (χ3n) is 6.41. The molecular weight excluding hydrogens is 386 g/mol. The van der Waals surface area contributed by atoms with Crippen LogP contribution in [0.1, 0.15) is 65.9 Å². The minimum atomic E-state index is -0.228. The van der Waals surface area contributed by atoms with E-state index in [-0.39, 0.29) is 23.9 Å². The summed E-state index contributed by atoms with van der Waals surface area (Å²) in [6.45, 7) is 6.40. The molecule has 3 aliphatic rings. The molecule has 0 saturated carbocycles. The summed E-state index contributed by atoms with van der Waals surface area (Å²) >= 11 is 0. The van der Waals surface area contributed by atoms with Gasteiger partial charge in [-0.25, -0.2) is 0 Å². The van der Waals surface area contributed by atoms with Gasteiger partial charge in [0.05, 0.1) is 5.92 Å². The van der Waals surface area contributed by atoms with Gasteiger partial charge in [0.15, 0.2) is 0 Å². The van der Waals surface area contributed by atoms with Crippen LogP contribution in [0, 0.1) is 6.92 Å². The van der Waals surface area contributed by atoms with Crippen molar-refractivity contribution in [1.82, 2.24) is 14.9 Å². The van der Waals surface area contributed by atoms with E-state index in [1.807, 2.05) is 19.1 Å². The number of carbonyl (C=O) groups excluding carboxylic acids is 1. The normalized spacial score (nSPS) is 15.8. The van der Waals surface area contributed by atoms with Crippen LogP contribution in [0.2, 0.25) is 0 Å². The Morgan fingerprint density at radius 1 is 1.23 bits per heavy atom. The molecule has 2 aromatic rings. The largest absolute Gasteiger partial charge is 0.351 e. The fourth-order valence-corrected chi connectivity index (χ4v) is 4.70. The Hall–Kier alpha value is -3.34. The molecule has 1 amide bonds. The number of aryl methyl sites for hydroxylation is 1. The summed E-state index contributed by atoms with van der Waals surface area (Å²) in [5, 5.41) is 3.05. The predicted molar refractivity (Wildman–Crippen MR) is 123 cm³/mol. The highest BCUT2D eigenvalue weighted by molar-refractivity contribution is 5.86. The number of nitrogens with zero attached hydrogens (tertiary/aromatic N) is 1. The van der Waals surface area contributed by atoms with Crippen molar-refractivity contribution < 1.29 is 4.79 Å². The standard InChI is InChI=1S/C26H27N3O2/c1-15(2)29-10-9-20-21(5-4-6-24(20)29)25(30)27-14-23-19(11-16(3)28-26(23)31)12-17-7-8-18-13-22(17)18/h4,6-11,13,15,21H,5,12,14H2,1-3H3,(H,27,30)(H,28,31). The molecule has 0 saturated heterocycles. The van der Waals surface area contributed by atoms with E-state index in [4.69, 9.17) is 0 Å². The highest BCUT2D eigenvalue weighted by Crippen LogP contribution is 2.39. The molecule has 3 aliphatic carbocycles. The molecule has 0 aliphatic heterocycles. The molecule has 0 bridgehead atoms. The van der Waals surface area contributed by atoms with Crippen molar-refractivity contribution in [2.24, 2.45) is 0 Å². The van der Waals surface area contributed by atoms with Crippen LogP contribution in [0.15, 0.2) is 47.4 Å². The predicted octanol–water partition coefficient (Wildman–Crippen LogP) is 4.45. The summed E-state index contributed by atoms with van der Waals surface area (Å²) in [4.78, 5) is 28.7. The first-order valence-corrected chi connectivity index (χ1v) is 10.9. The fourth-order valence-electron chi connectivity index (χ4n) is 4.70. The maximum Gasteiger partial charge on any atom is 0.253 e. The number of aromatic amines is 1. The number of hydrogen-bond donors (Lipinski definition) is 2. The average Bonchev–Trinajstić information content (AvgIpc) is 3.19. The number of benzene rings is 1. The molecule has 0 spiro atoms. The van der Waals surface area contributed by atoms with Gasteiger partial charge in [0, 0.05) is 35.7 Å². The topological polar surface area (TPSA) is 66.9 Å². The maximum atomic E-state index is 13.1. The molecule has 5 rings (SSSR count). The van der Waals surface area contributed by atoms with Crippen LogP contribution in [-0.2, 0) is 17.8 Å². The highest BCUT2D eigenvalue weighted by Gasteiger charge is 2.27. The van der Waals surface area contributed by atoms with Crippen molar-refractivity contribution in [1.29, 1.82) is 0 Å². The first-order chi connectivity index (χ1) is 14.9. The first kappa shape index (κ1) is 19.6. The van der Waals surface area contributed by atoms with Crippen molar-refractivity contribution in [3.05, 3.63) is 86.6 Å². The molecule has 1 unspecified atom stereocenters. The maximum absolute atomic E-state index is 13.1. The van der Waals surface area contributed by atoms with Gasteiger partial charge in [0.1, 0.15) is 0 Å². The van der Waals surface area contributed by atoms with Gasteiger partial charge in [-0.1, -0.05) is 18.2 Å². The number of hydrogen-bond acceptors (Lipinski definition) is 2. The summed E-state index contributed by atoms with van der Waals surface area (Å²) in [5.74, 6) is -0.263. The summed E-state index contributed by atoms with van der Waals surface area (Å²) in [7, 11) is 0. The third kappa shape index (κ3) is 3.54. The molecule has 158 valence electrons.